The molecule has 0 aliphatic heterocycles. The molecule has 2 heterocycles. The Balaban J connectivity index is 2.30. The zero-order valence-corrected chi connectivity index (χ0v) is 12.2. The van der Waals surface area contributed by atoms with Crippen LogP contribution in [0.5, 0.6) is 0 Å². The molecule has 104 valence electrons. The molecule has 0 saturated heterocycles. The van der Waals surface area contributed by atoms with Crippen LogP contribution in [0.4, 0.5) is 0 Å². The highest BCUT2D eigenvalue weighted by atomic mass is 15.3. The van der Waals surface area contributed by atoms with Crippen LogP contribution in [-0.2, 0) is 6.42 Å². The van der Waals surface area contributed by atoms with Gasteiger partial charge in [-0.05, 0) is 38.6 Å². The van der Waals surface area contributed by atoms with Gasteiger partial charge in [0, 0.05) is 18.2 Å². The van der Waals surface area contributed by atoms with E-state index < -0.39 is 0 Å². The maximum absolute atomic E-state index is 5.87. The third-order valence-corrected chi connectivity index (χ3v) is 3.36. The van der Waals surface area contributed by atoms with Crippen molar-refractivity contribution in [2.45, 2.75) is 40.5 Å². The lowest BCUT2D eigenvalue weighted by atomic mass is 9.94. The molecule has 0 aliphatic rings. The van der Waals surface area contributed by atoms with E-state index in [1.165, 1.54) is 0 Å². The Morgan fingerprint density at radius 3 is 2.63 bits per heavy atom. The molecule has 2 rings (SSSR count). The Morgan fingerprint density at radius 2 is 2.00 bits per heavy atom. The molecule has 1 unspecified atom stereocenters. The summed E-state index contributed by atoms with van der Waals surface area (Å²) in [4.78, 5) is 4.48. The molecule has 5 nitrogen and oxygen atoms in total. The van der Waals surface area contributed by atoms with Gasteiger partial charge < -0.3 is 5.73 Å². The molecule has 2 N–H and O–H groups in total. The van der Waals surface area contributed by atoms with E-state index in [9.17, 15) is 0 Å². The van der Waals surface area contributed by atoms with Crippen molar-refractivity contribution in [1.82, 2.24) is 19.6 Å². The standard InChI is InChI=1S/C14H23N5/c1-9(2)5-12(8-15)7-14-18-17-13-6-10(3)16-11(4)19(13)14/h6,9,12H,5,7-8,15H2,1-4H3. The lowest BCUT2D eigenvalue weighted by molar-refractivity contribution is 0.407. The van der Waals surface area contributed by atoms with E-state index in [1.807, 2.05) is 24.3 Å². The Labute approximate surface area is 114 Å². The molecule has 0 radical (unpaired) electrons. The van der Waals surface area contributed by atoms with Crippen LogP contribution in [0.2, 0.25) is 0 Å². The molecule has 1 atom stereocenters. The van der Waals surface area contributed by atoms with E-state index in [1.54, 1.807) is 0 Å². The molecule has 0 spiro atoms. The van der Waals surface area contributed by atoms with Crippen molar-refractivity contribution in [3.8, 4) is 0 Å². The largest absolute Gasteiger partial charge is 0.330 e. The lowest BCUT2D eigenvalue weighted by Gasteiger charge is -2.16. The van der Waals surface area contributed by atoms with Crippen molar-refractivity contribution >= 4 is 5.65 Å². The summed E-state index contributed by atoms with van der Waals surface area (Å²) in [6.07, 6.45) is 1.98. The zero-order chi connectivity index (χ0) is 14.0. The van der Waals surface area contributed by atoms with Crippen molar-refractivity contribution in [3.05, 3.63) is 23.4 Å². The predicted molar refractivity (Wildman–Crippen MR) is 76.0 cm³/mol. The number of nitrogens with two attached hydrogens (primary N) is 1. The highest BCUT2D eigenvalue weighted by Gasteiger charge is 2.15. The Morgan fingerprint density at radius 1 is 1.26 bits per heavy atom. The van der Waals surface area contributed by atoms with Crippen LogP contribution in [0.25, 0.3) is 5.65 Å². The van der Waals surface area contributed by atoms with Gasteiger partial charge in [0.15, 0.2) is 5.65 Å². The molecule has 0 aliphatic carbocycles. The monoisotopic (exact) mass is 261 g/mol. The van der Waals surface area contributed by atoms with Crippen molar-refractivity contribution in [3.63, 3.8) is 0 Å². The topological polar surface area (TPSA) is 69.1 Å². The molecular formula is C14H23N5. The fourth-order valence-corrected chi connectivity index (χ4v) is 2.62. The number of fused-ring (bicyclic) bond motifs is 1. The van der Waals surface area contributed by atoms with E-state index in [0.717, 1.165) is 35.8 Å². The maximum atomic E-state index is 5.87. The van der Waals surface area contributed by atoms with Gasteiger partial charge >= 0.3 is 0 Å². The van der Waals surface area contributed by atoms with Gasteiger partial charge in [-0.25, -0.2) is 4.98 Å². The van der Waals surface area contributed by atoms with Gasteiger partial charge in [0.1, 0.15) is 11.6 Å². The van der Waals surface area contributed by atoms with Crippen LogP contribution in [0, 0.1) is 25.7 Å². The number of rotatable bonds is 5. The van der Waals surface area contributed by atoms with Crippen LogP contribution >= 0.6 is 0 Å². The third-order valence-electron chi connectivity index (χ3n) is 3.36. The van der Waals surface area contributed by atoms with Crippen molar-refractivity contribution in [2.24, 2.45) is 17.6 Å². The van der Waals surface area contributed by atoms with Gasteiger partial charge in [-0.3, -0.25) is 4.40 Å². The second kappa shape index (κ2) is 5.65. The molecule has 19 heavy (non-hydrogen) atoms. The smallest absolute Gasteiger partial charge is 0.164 e. The van der Waals surface area contributed by atoms with Crippen LogP contribution < -0.4 is 5.73 Å². The van der Waals surface area contributed by atoms with Crippen molar-refractivity contribution < 1.29 is 0 Å². The van der Waals surface area contributed by atoms with Crippen molar-refractivity contribution in [2.75, 3.05) is 6.54 Å². The molecule has 2 aromatic rings. The van der Waals surface area contributed by atoms with Crippen LogP contribution in [0.3, 0.4) is 0 Å². The molecular weight excluding hydrogens is 238 g/mol. The summed E-state index contributed by atoms with van der Waals surface area (Å²) in [6, 6.07) is 1.96. The first kappa shape index (κ1) is 13.9. The maximum Gasteiger partial charge on any atom is 0.164 e. The SMILES string of the molecule is Cc1cc2nnc(CC(CN)CC(C)C)n2c(C)n1. The predicted octanol–water partition coefficient (Wildman–Crippen LogP) is 1.90. The number of aromatic nitrogens is 4. The molecule has 2 aromatic heterocycles. The third kappa shape index (κ3) is 3.10. The second-order valence-electron chi connectivity index (χ2n) is 5.69. The lowest BCUT2D eigenvalue weighted by Crippen LogP contribution is -2.20. The normalized spacial score (nSPS) is 13.4. The Hall–Kier alpha value is -1.49. The summed E-state index contributed by atoms with van der Waals surface area (Å²) >= 11 is 0. The van der Waals surface area contributed by atoms with Crippen LogP contribution in [0.15, 0.2) is 6.07 Å². The summed E-state index contributed by atoms with van der Waals surface area (Å²) in [5.74, 6) is 3.01. The summed E-state index contributed by atoms with van der Waals surface area (Å²) < 4.78 is 2.04. The van der Waals surface area contributed by atoms with Gasteiger partial charge in [0.2, 0.25) is 0 Å². The molecule has 0 aromatic carbocycles. The first-order chi connectivity index (χ1) is 9.01. The number of aryl methyl sites for hydroxylation is 2. The minimum absolute atomic E-state index is 0.452. The average Bonchev–Trinajstić information content (AvgIpc) is 2.70. The van der Waals surface area contributed by atoms with E-state index in [0.29, 0.717) is 18.4 Å². The summed E-state index contributed by atoms with van der Waals surface area (Å²) in [5.41, 5.74) is 7.72. The van der Waals surface area contributed by atoms with Gasteiger partial charge in [-0.15, -0.1) is 10.2 Å². The fourth-order valence-electron chi connectivity index (χ4n) is 2.62. The quantitative estimate of drug-likeness (QED) is 0.892. The van der Waals surface area contributed by atoms with E-state index in [2.05, 4.69) is 29.0 Å². The highest BCUT2D eigenvalue weighted by molar-refractivity contribution is 5.39. The minimum Gasteiger partial charge on any atom is -0.330 e. The number of nitrogens with zero attached hydrogens (tertiary/aromatic N) is 4. The molecule has 0 bridgehead atoms. The minimum atomic E-state index is 0.452. The molecule has 0 amide bonds. The molecule has 0 saturated carbocycles. The van der Waals surface area contributed by atoms with Gasteiger partial charge in [-0.2, -0.15) is 0 Å². The van der Waals surface area contributed by atoms with Gasteiger partial charge in [0.05, 0.1) is 0 Å². The number of hydrogen-bond donors (Lipinski definition) is 1. The second-order valence-corrected chi connectivity index (χ2v) is 5.69. The van der Waals surface area contributed by atoms with Gasteiger partial charge in [0.25, 0.3) is 0 Å². The molecule has 0 fully saturated rings. The summed E-state index contributed by atoms with van der Waals surface area (Å²) in [5, 5.41) is 8.55. The summed E-state index contributed by atoms with van der Waals surface area (Å²) in [7, 11) is 0. The molecule has 5 heteroatoms. The van der Waals surface area contributed by atoms with Crippen LogP contribution in [0.1, 0.15) is 37.6 Å². The van der Waals surface area contributed by atoms with Crippen LogP contribution in [-0.4, -0.2) is 26.1 Å². The average molecular weight is 261 g/mol. The number of hydrogen-bond acceptors (Lipinski definition) is 4. The van der Waals surface area contributed by atoms with E-state index in [-0.39, 0.29) is 0 Å². The zero-order valence-electron chi connectivity index (χ0n) is 12.2. The van der Waals surface area contributed by atoms with E-state index >= 15 is 0 Å². The van der Waals surface area contributed by atoms with Gasteiger partial charge in [-0.1, -0.05) is 13.8 Å². The first-order valence-corrected chi connectivity index (χ1v) is 6.89. The fraction of sp³-hybridized carbons (Fsp3) is 0.643. The van der Waals surface area contributed by atoms with E-state index in [4.69, 9.17) is 5.73 Å². The summed E-state index contributed by atoms with van der Waals surface area (Å²) in [6.45, 7) is 9.10. The Bertz CT molecular complexity index is 558. The van der Waals surface area contributed by atoms with Crippen molar-refractivity contribution in [1.29, 1.82) is 0 Å². The Kier molecular flexibility index (Phi) is 4.14. The highest BCUT2D eigenvalue weighted by Crippen LogP contribution is 2.17. The first-order valence-electron chi connectivity index (χ1n) is 6.89.